The zero-order valence-electron chi connectivity index (χ0n) is 18.4. The first kappa shape index (κ1) is 21.3. The fraction of sp³-hybridized carbons (Fsp3) is 0.333. The number of piperidine rings is 1. The summed E-state index contributed by atoms with van der Waals surface area (Å²) in [7, 11) is 3.49. The monoisotopic (exact) mass is 417 g/mol. The van der Waals surface area contributed by atoms with Gasteiger partial charge in [-0.3, -0.25) is 4.90 Å². The zero-order valence-corrected chi connectivity index (χ0v) is 18.4. The maximum absolute atomic E-state index is 5.96. The van der Waals surface area contributed by atoms with Crippen LogP contribution in [0, 0.1) is 0 Å². The molecule has 1 heterocycles. The molecule has 4 heteroatoms. The van der Waals surface area contributed by atoms with Gasteiger partial charge in [-0.25, -0.2) is 0 Å². The van der Waals surface area contributed by atoms with E-state index in [0.29, 0.717) is 12.5 Å². The number of para-hydroxylation sites is 1. The lowest BCUT2D eigenvalue weighted by atomic mass is 9.88. The first-order chi connectivity index (χ1) is 15.3. The van der Waals surface area contributed by atoms with Crippen LogP contribution >= 0.6 is 0 Å². The van der Waals surface area contributed by atoms with Gasteiger partial charge in [-0.05, 0) is 55.1 Å². The summed E-state index contributed by atoms with van der Waals surface area (Å²) < 4.78 is 17.2. The summed E-state index contributed by atoms with van der Waals surface area (Å²) in [4.78, 5) is 2.51. The van der Waals surface area contributed by atoms with E-state index in [4.69, 9.17) is 14.2 Å². The summed E-state index contributed by atoms with van der Waals surface area (Å²) in [6.45, 7) is 3.58. The van der Waals surface area contributed by atoms with Crippen LogP contribution in [0.25, 0.3) is 0 Å². The number of benzene rings is 3. The van der Waals surface area contributed by atoms with Crippen molar-refractivity contribution in [2.45, 2.75) is 31.9 Å². The number of methoxy groups -OCH3 is 2. The van der Waals surface area contributed by atoms with E-state index in [1.165, 1.54) is 11.1 Å². The Hall–Kier alpha value is -2.98. The quantitative estimate of drug-likeness (QED) is 0.473. The molecule has 0 aliphatic carbocycles. The van der Waals surface area contributed by atoms with Crippen molar-refractivity contribution < 1.29 is 14.2 Å². The Morgan fingerprint density at radius 2 is 1.52 bits per heavy atom. The van der Waals surface area contributed by atoms with Gasteiger partial charge in [-0.2, -0.15) is 0 Å². The van der Waals surface area contributed by atoms with E-state index in [1.54, 1.807) is 14.2 Å². The molecule has 0 N–H and O–H groups in total. The van der Waals surface area contributed by atoms with Gasteiger partial charge in [0.2, 0.25) is 0 Å². The van der Waals surface area contributed by atoms with E-state index < -0.39 is 0 Å². The highest BCUT2D eigenvalue weighted by Gasteiger charge is 2.23. The molecule has 4 nitrogen and oxygen atoms in total. The summed E-state index contributed by atoms with van der Waals surface area (Å²) in [5.74, 6) is 3.29. The molecule has 1 aliphatic rings. The van der Waals surface area contributed by atoms with Crippen molar-refractivity contribution in [3.05, 3.63) is 89.5 Å². The zero-order chi connectivity index (χ0) is 21.5. The Morgan fingerprint density at radius 3 is 2.26 bits per heavy atom. The molecular weight excluding hydrogens is 386 g/mol. The van der Waals surface area contributed by atoms with E-state index in [2.05, 4.69) is 41.3 Å². The Bertz CT molecular complexity index is 965. The number of likely N-dealkylation sites (tertiary alicyclic amines) is 1. The molecule has 3 aromatic rings. The highest BCUT2D eigenvalue weighted by Crippen LogP contribution is 2.35. The van der Waals surface area contributed by atoms with Gasteiger partial charge in [-0.15, -0.1) is 0 Å². The first-order valence-electron chi connectivity index (χ1n) is 11.0. The van der Waals surface area contributed by atoms with E-state index >= 15 is 0 Å². The minimum Gasteiger partial charge on any atom is -0.496 e. The van der Waals surface area contributed by atoms with Crippen molar-refractivity contribution in [2.75, 3.05) is 27.3 Å². The van der Waals surface area contributed by atoms with Crippen molar-refractivity contribution in [1.29, 1.82) is 0 Å². The first-order valence-corrected chi connectivity index (χ1v) is 11.0. The highest BCUT2D eigenvalue weighted by molar-refractivity contribution is 5.41. The van der Waals surface area contributed by atoms with Gasteiger partial charge in [0.25, 0.3) is 0 Å². The number of hydrogen-bond donors (Lipinski definition) is 0. The van der Waals surface area contributed by atoms with Gasteiger partial charge < -0.3 is 14.2 Å². The van der Waals surface area contributed by atoms with Crippen LogP contribution in [0.5, 0.6) is 17.2 Å². The van der Waals surface area contributed by atoms with E-state index in [-0.39, 0.29) is 0 Å². The minimum atomic E-state index is 0.555. The smallest absolute Gasteiger partial charge is 0.127 e. The molecule has 1 saturated heterocycles. The Balaban J connectivity index is 1.35. The number of ether oxygens (including phenoxy) is 3. The topological polar surface area (TPSA) is 30.9 Å². The number of rotatable bonds is 8. The van der Waals surface area contributed by atoms with Crippen LogP contribution in [0.3, 0.4) is 0 Å². The summed E-state index contributed by atoms with van der Waals surface area (Å²) >= 11 is 0. The lowest BCUT2D eigenvalue weighted by molar-refractivity contribution is 0.201. The third-order valence-corrected chi connectivity index (χ3v) is 6.07. The normalized spacial score (nSPS) is 14.9. The van der Waals surface area contributed by atoms with Gasteiger partial charge >= 0.3 is 0 Å². The summed E-state index contributed by atoms with van der Waals surface area (Å²) in [6, 6.07) is 24.8. The van der Waals surface area contributed by atoms with Gasteiger partial charge in [0.1, 0.15) is 23.9 Å². The molecule has 4 rings (SSSR count). The molecule has 0 unspecified atom stereocenters. The van der Waals surface area contributed by atoms with E-state index in [0.717, 1.165) is 55.3 Å². The molecule has 1 aliphatic heterocycles. The Labute approximate surface area is 185 Å². The molecule has 0 aromatic heterocycles. The van der Waals surface area contributed by atoms with Crippen molar-refractivity contribution in [3.63, 3.8) is 0 Å². The van der Waals surface area contributed by atoms with E-state index in [9.17, 15) is 0 Å². The summed E-state index contributed by atoms with van der Waals surface area (Å²) in [5, 5.41) is 0. The molecule has 0 bridgehead atoms. The van der Waals surface area contributed by atoms with Gasteiger partial charge in [0.15, 0.2) is 0 Å². The molecule has 0 spiro atoms. The van der Waals surface area contributed by atoms with Crippen LogP contribution in [-0.2, 0) is 13.2 Å². The standard InChI is InChI=1S/C27H31NO3/c1-29-26-11-7-6-10-25(26)22-14-16-28(17-15-22)19-23-12-13-24(18-27(23)30-2)31-20-21-8-4-3-5-9-21/h3-13,18,22H,14-17,19-20H2,1-2H3. The molecule has 162 valence electrons. The average molecular weight is 418 g/mol. The average Bonchev–Trinajstić information content (AvgIpc) is 2.84. The maximum atomic E-state index is 5.96. The maximum Gasteiger partial charge on any atom is 0.127 e. The summed E-state index contributed by atoms with van der Waals surface area (Å²) in [6.07, 6.45) is 2.28. The van der Waals surface area contributed by atoms with E-state index in [1.807, 2.05) is 36.4 Å². The molecule has 0 radical (unpaired) electrons. The molecule has 3 aromatic carbocycles. The third kappa shape index (κ3) is 5.39. The highest BCUT2D eigenvalue weighted by atomic mass is 16.5. The van der Waals surface area contributed by atoms with Crippen molar-refractivity contribution in [1.82, 2.24) is 4.90 Å². The molecule has 0 saturated carbocycles. The number of nitrogens with zero attached hydrogens (tertiary/aromatic N) is 1. The summed E-state index contributed by atoms with van der Waals surface area (Å²) in [5.41, 5.74) is 3.69. The van der Waals surface area contributed by atoms with Gasteiger partial charge in [0, 0.05) is 18.2 Å². The predicted octanol–water partition coefficient (Wildman–Crippen LogP) is 5.66. The SMILES string of the molecule is COc1cc(OCc2ccccc2)ccc1CN1CCC(c2ccccc2OC)CC1. The van der Waals surface area contributed by atoms with Crippen LogP contribution in [0.2, 0.25) is 0 Å². The second-order valence-corrected chi connectivity index (χ2v) is 8.04. The fourth-order valence-corrected chi connectivity index (χ4v) is 4.33. The molecule has 1 fully saturated rings. The van der Waals surface area contributed by atoms with Gasteiger partial charge in [-0.1, -0.05) is 54.6 Å². The van der Waals surface area contributed by atoms with Crippen LogP contribution in [0.15, 0.2) is 72.8 Å². The third-order valence-electron chi connectivity index (χ3n) is 6.07. The predicted molar refractivity (Wildman–Crippen MR) is 124 cm³/mol. The van der Waals surface area contributed by atoms with Gasteiger partial charge in [0.05, 0.1) is 14.2 Å². The Morgan fingerprint density at radius 1 is 0.806 bits per heavy atom. The lowest BCUT2D eigenvalue weighted by Crippen LogP contribution is -2.32. The molecule has 0 amide bonds. The van der Waals surface area contributed by atoms with Crippen LogP contribution in [-0.4, -0.2) is 32.2 Å². The Kier molecular flexibility index (Phi) is 7.11. The molecular formula is C27H31NO3. The largest absolute Gasteiger partial charge is 0.496 e. The van der Waals surface area contributed by atoms with Crippen LogP contribution in [0.1, 0.15) is 35.4 Å². The molecule has 0 atom stereocenters. The second kappa shape index (κ2) is 10.4. The fourth-order valence-electron chi connectivity index (χ4n) is 4.33. The van der Waals surface area contributed by atoms with Crippen molar-refractivity contribution in [3.8, 4) is 17.2 Å². The van der Waals surface area contributed by atoms with Crippen LogP contribution < -0.4 is 14.2 Å². The van der Waals surface area contributed by atoms with Crippen molar-refractivity contribution in [2.24, 2.45) is 0 Å². The molecule has 31 heavy (non-hydrogen) atoms. The second-order valence-electron chi connectivity index (χ2n) is 8.04. The van der Waals surface area contributed by atoms with Crippen molar-refractivity contribution >= 4 is 0 Å². The number of hydrogen-bond acceptors (Lipinski definition) is 4. The minimum absolute atomic E-state index is 0.555. The lowest BCUT2D eigenvalue weighted by Gasteiger charge is -2.33. The van der Waals surface area contributed by atoms with Crippen LogP contribution in [0.4, 0.5) is 0 Å².